The van der Waals surface area contributed by atoms with Crippen LogP contribution >= 0.6 is 0 Å². The Bertz CT molecular complexity index is 813. The van der Waals surface area contributed by atoms with E-state index < -0.39 is 16.0 Å². The molecule has 0 aromatic heterocycles. The molecule has 2 rings (SSSR count). The molecule has 0 spiro atoms. The third-order valence-electron chi connectivity index (χ3n) is 3.17. The van der Waals surface area contributed by atoms with E-state index in [1.165, 1.54) is 12.1 Å². The summed E-state index contributed by atoms with van der Waals surface area (Å²) < 4.78 is 32.4. The Morgan fingerprint density at radius 2 is 1.83 bits per heavy atom. The number of sulfonamides is 1. The lowest BCUT2D eigenvalue weighted by Gasteiger charge is -2.10. The SMILES string of the molecule is CCOc1ccc(NS(=O)(=O)c2ccc(C)c(C(=O)O)c2)cc1. The van der Waals surface area contributed by atoms with E-state index in [2.05, 4.69) is 4.72 Å². The standard InChI is InChI=1S/C16H17NO5S/c1-3-22-13-7-5-12(6-8-13)17-23(20,21)14-9-4-11(2)15(10-14)16(18)19/h4-10,17H,3H2,1-2H3,(H,18,19). The van der Waals surface area contributed by atoms with Crippen molar-refractivity contribution in [2.75, 3.05) is 11.3 Å². The molecule has 0 bridgehead atoms. The van der Waals surface area contributed by atoms with Crippen LogP contribution in [0.1, 0.15) is 22.8 Å². The van der Waals surface area contributed by atoms with Crippen molar-refractivity contribution in [3.05, 3.63) is 53.6 Å². The van der Waals surface area contributed by atoms with Crippen LogP contribution in [-0.2, 0) is 10.0 Å². The lowest BCUT2D eigenvalue weighted by Crippen LogP contribution is -2.14. The van der Waals surface area contributed by atoms with Crippen LogP contribution in [0.2, 0.25) is 0 Å². The number of anilines is 1. The van der Waals surface area contributed by atoms with Gasteiger partial charge in [0.15, 0.2) is 0 Å². The van der Waals surface area contributed by atoms with E-state index in [-0.39, 0.29) is 10.5 Å². The van der Waals surface area contributed by atoms with Gasteiger partial charge in [-0.15, -0.1) is 0 Å². The number of aryl methyl sites for hydroxylation is 1. The fourth-order valence-corrected chi connectivity index (χ4v) is 3.08. The second kappa shape index (κ2) is 6.70. The third-order valence-corrected chi connectivity index (χ3v) is 4.55. The summed E-state index contributed by atoms with van der Waals surface area (Å²) in [6.07, 6.45) is 0. The zero-order valence-corrected chi connectivity index (χ0v) is 13.6. The molecule has 0 aliphatic carbocycles. The van der Waals surface area contributed by atoms with E-state index in [9.17, 15) is 13.2 Å². The van der Waals surface area contributed by atoms with Gasteiger partial charge in [-0.3, -0.25) is 4.72 Å². The van der Waals surface area contributed by atoms with E-state index in [1.807, 2.05) is 6.92 Å². The van der Waals surface area contributed by atoms with Crippen LogP contribution in [-0.4, -0.2) is 26.1 Å². The van der Waals surface area contributed by atoms with Crippen LogP contribution in [0.25, 0.3) is 0 Å². The molecule has 0 aliphatic heterocycles. The highest BCUT2D eigenvalue weighted by Gasteiger charge is 2.18. The number of aromatic carboxylic acids is 1. The van der Waals surface area contributed by atoms with E-state index in [0.29, 0.717) is 23.6 Å². The Morgan fingerprint density at radius 3 is 2.39 bits per heavy atom. The Hall–Kier alpha value is -2.54. The number of nitrogens with one attached hydrogen (secondary N) is 1. The first-order valence-corrected chi connectivity index (χ1v) is 8.41. The van der Waals surface area contributed by atoms with Gasteiger partial charge in [-0.1, -0.05) is 6.07 Å². The molecular weight excluding hydrogens is 318 g/mol. The summed E-state index contributed by atoms with van der Waals surface area (Å²) in [4.78, 5) is 11.0. The topological polar surface area (TPSA) is 92.7 Å². The quantitative estimate of drug-likeness (QED) is 0.847. The van der Waals surface area contributed by atoms with Crippen LogP contribution in [0.5, 0.6) is 5.75 Å². The van der Waals surface area contributed by atoms with Crippen LogP contribution in [0.15, 0.2) is 47.4 Å². The molecular formula is C16H17NO5S. The molecule has 0 unspecified atom stereocenters. The fraction of sp³-hybridized carbons (Fsp3) is 0.188. The molecule has 0 saturated heterocycles. The van der Waals surface area contributed by atoms with E-state index in [1.54, 1.807) is 31.2 Å². The van der Waals surface area contributed by atoms with Crippen molar-refractivity contribution in [2.24, 2.45) is 0 Å². The average Bonchev–Trinajstić information content (AvgIpc) is 2.49. The lowest BCUT2D eigenvalue weighted by atomic mass is 10.1. The molecule has 23 heavy (non-hydrogen) atoms. The van der Waals surface area contributed by atoms with Gasteiger partial charge in [0.25, 0.3) is 10.0 Å². The molecule has 0 atom stereocenters. The number of rotatable bonds is 6. The molecule has 0 heterocycles. The summed E-state index contributed by atoms with van der Waals surface area (Å²) >= 11 is 0. The normalized spacial score (nSPS) is 11.0. The zero-order chi connectivity index (χ0) is 17.0. The summed E-state index contributed by atoms with van der Waals surface area (Å²) in [7, 11) is -3.87. The number of benzene rings is 2. The largest absolute Gasteiger partial charge is 0.494 e. The lowest BCUT2D eigenvalue weighted by molar-refractivity contribution is 0.0696. The molecule has 0 radical (unpaired) electrons. The maximum atomic E-state index is 12.4. The van der Waals surface area contributed by atoms with Crippen molar-refractivity contribution in [3.63, 3.8) is 0 Å². The molecule has 0 amide bonds. The van der Waals surface area contributed by atoms with Gasteiger partial charge in [-0.25, -0.2) is 13.2 Å². The maximum Gasteiger partial charge on any atom is 0.335 e. The van der Waals surface area contributed by atoms with Gasteiger partial charge in [0.2, 0.25) is 0 Å². The van der Waals surface area contributed by atoms with Gasteiger partial charge in [-0.05, 0) is 55.8 Å². The predicted octanol–water partition coefficient (Wildman–Crippen LogP) is 2.89. The minimum atomic E-state index is -3.87. The summed E-state index contributed by atoms with van der Waals surface area (Å²) in [5.74, 6) is -0.528. The number of carboxylic acids is 1. The second-order valence-electron chi connectivity index (χ2n) is 4.84. The van der Waals surface area contributed by atoms with Gasteiger partial charge in [0, 0.05) is 5.69 Å². The highest BCUT2D eigenvalue weighted by atomic mass is 32.2. The highest BCUT2D eigenvalue weighted by Crippen LogP contribution is 2.21. The highest BCUT2D eigenvalue weighted by molar-refractivity contribution is 7.92. The summed E-state index contributed by atoms with van der Waals surface area (Å²) in [5, 5.41) is 9.10. The van der Waals surface area contributed by atoms with Crippen molar-refractivity contribution in [2.45, 2.75) is 18.7 Å². The first-order chi connectivity index (χ1) is 10.8. The predicted molar refractivity (Wildman–Crippen MR) is 86.6 cm³/mol. The smallest absolute Gasteiger partial charge is 0.335 e. The number of carboxylic acid groups (broad SMARTS) is 1. The number of carbonyl (C=O) groups is 1. The Balaban J connectivity index is 2.28. The van der Waals surface area contributed by atoms with Crippen molar-refractivity contribution < 1.29 is 23.1 Å². The van der Waals surface area contributed by atoms with E-state index in [4.69, 9.17) is 9.84 Å². The molecule has 2 aromatic carbocycles. The van der Waals surface area contributed by atoms with Gasteiger partial charge < -0.3 is 9.84 Å². The van der Waals surface area contributed by atoms with Crippen molar-refractivity contribution in [1.82, 2.24) is 0 Å². The summed E-state index contributed by atoms with van der Waals surface area (Å²) in [6, 6.07) is 10.4. The van der Waals surface area contributed by atoms with Crippen LogP contribution < -0.4 is 9.46 Å². The summed E-state index contributed by atoms with van der Waals surface area (Å²) in [5.41, 5.74) is 0.822. The van der Waals surface area contributed by atoms with Crippen molar-refractivity contribution in [1.29, 1.82) is 0 Å². The first kappa shape index (κ1) is 16.8. The van der Waals surface area contributed by atoms with Crippen molar-refractivity contribution in [3.8, 4) is 5.75 Å². The molecule has 122 valence electrons. The van der Waals surface area contributed by atoms with Crippen LogP contribution in [0, 0.1) is 6.92 Å². The van der Waals surface area contributed by atoms with Crippen LogP contribution in [0.4, 0.5) is 5.69 Å². The fourth-order valence-electron chi connectivity index (χ4n) is 2.00. The molecule has 0 saturated carbocycles. The van der Waals surface area contributed by atoms with Gasteiger partial charge in [0.05, 0.1) is 17.1 Å². The Labute approximate surface area is 134 Å². The first-order valence-electron chi connectivity index (χ1n) is 6.93. The molecule has 0 aliphatic rings. The number of hydrogen-bond donors (Lipinski definition) is 2. The molecule has 7 heteroatoms. The zero-order valence-electron chi connectivity index (χ0n) is 12.7. The van der Waals surface area contributed by atoms with Gasteiger partial charge in [-0.2, -0.15) is 0 Å². The van der Waals surface area contributed by atoms with E-state index in [0.717, 1.165) is 6.07 Å². The Morgan fingerprint density at radius 1 is 1.17 bits per heavy atom. The Kier molecular flexibility index (Phi) is 4.90. The molecule has 0 fully saturated rings. The molecule has 2 aromatic rings. The van der Waals surface area contributed by atoms with Gasteiger partial charge in [0.1, 0.15) is 5.75 Å². The number of ether oxygens (including phenoxy) is 1. The monoisotopic (exact) mass is 335 g/mol. The molecule has 2 N–H and O–H groups in total. The van der Waals surface area contributed by atoms with E-state index >= 15 is 0 Å². The average molecular weight is 335 g/mol. The van der Waals surface area contributed by atoms with Crippen molar-refractivity contribution >= 4 is 21.7 Å². The second-order valence-corrected chi connectivity index (χ2v) is 6.53. The number of hydrogen-bond acceptors (Lipinski definition) is 4. The molecule has 6 nitrogen and oxygen atoms in total. The van der Waals surface area contributed by atoms with Gasteiger partial charge >= 0.3 is 5.97 Å². The minimum Gasteiger partial charge on any atom is -0.494 e. The maximum absolute atomic E-state index is 12.4. The minimum absolute atomic E-state index is 0.0421. The van der Waals surface area contributed by atoms with Crippen LogP contribution in [0.3, 0.4) is 0 Å². The third kappa shape index (κ3) is 4.01. The summed E-state index contributed by atoms with van der Waals surface area (Å²) in [6.45, 7) is 3.99.